The van der Waals surface area contributed by atoms with Crippen LogP contribution in [0.1, 0.15) is 24.3 Å². The van der Waals surface area contributed by atoms with E-state index in [4.69, 9.17) is 16.3 Å². The zero-order valence-corrected chi connectivity index (χ0v) is 10.7. The van der Waals surface area contributed by atoms with Crippen LogP contribution in [0.5, 0.6) is 5.75 Å². The van der Waals surface area contributed by atoms with Gasteiger partial charge < -0.3 is 9.84 Å². The average Bonchev–Trinajstić information content (AvgIpc) is 2.27. The zero-order valence-electron chi connectivity index (χ0n) is 9.99. The molecule has 1 atom stereocenters. The van der Waals surface area contributed by atoms with Crippen LogP contribution in [0.15, 0.2) is 18.2 Å². The highest BCUT2D eigenvalue weighted by Crippen LogP contribution is 2.35. The Morgan fingerprint density at radius 2 is 2.12 bits per heavy atom. The van der Waals surface area contributed by atoms with E-state index in [0.717, 1.165) is 16.6 Å². The van der Waals surface area contributed by atoms with Crippen molar-refractivity contribution in [1.82, 2.24) is 4.98 Å². The van der Waals surface area contributed by atoms with Crippen molar-refractivity contribution in [3.05, 3.63) is 34.5 Å². The van der Waals surface area contributed by atoms with Crippen LogP contribution in [0.25, 0.3) is 10.9 Å². The first-order chi connectivity index (χ1) is 8.04. The quantitative estimate of drug-likeness (QED) is 0.891. The van der Waals surface area contributed by atoms with E-state index in [1.807, 2.05) is 13.0 Å². The van der Waals surface area contributed by atoms with Crippen LogP contribution in [0, 0.1) is 6.92 Å². The lowest BCUT2D eigenvalue weighted by atomic mass is 10.0. The summed E-state index contributed by atoms with van der Waals surface area (Å²) in [6.45, 7) is 3.58. The smallest absolute Gasteiger partial charge is 0.145 e. The molecule has 0 saturated heterocycles. The Balaban J connectivity index is 2.90. The Morgan fingerprint density at radius 3 is 2.71 bits per heavy atom. The van der Waals surface area contributed by atoms with Crippen LogP contribution in [0.4, 0.5) is 0 Å². The van der Waals surface area contributed by atoms with Gasteiger partial charge in [-0.05, 0) is 31.5 Å². The lowest BCUT2D eigenvalue weighted by Crippen LogP contribution is -1.98. The van der Waals surface area contributed by atoms with Crippen molar-refractivity contribution >= 4 is 22.5 Å². The number of hydrogen-bond acceptors (Lipinski definition) is 3. The number of aliphatic hydroxyl groups excluding tert-OH is 1. The van der Waals surface area contributed by atoms with Gasteiger partial charge >= 0.3 is 0 Å². The van der Waals surface area contributed by atoms with Gasteiger partial charge in [-0.25, -0.2) is 4.98 Å². The predicted octanol–water partition coefficient (Wildman–Crippen LogP) is 3.26. The highest BCUT2D eigenvalue weighted by Gasteiger charge is 2.14. The average molecular weight is 252 g/mol. The second-order valence-electron chi connectivity index (χ2n) is 4.00. The predicted molar refractivity (Wildman–Crippen MR) is 68.7 cm³/mol. The van der Waals surface area contributed by atoms with Gasteiger partial charge in [-0.15, -0.1) is 0 Å². The summed E-state index contributed by atoms with van der Waals surface area (Å²) in [5.41, 5.74) is 2.28. The second-order valence-corrected chi connectivity index (χ2v) is 4.41. The number of nitrogens with zero attached hydrogens (tertiary/aromatic N) is 1. The minimum Gasteiger partial charge on any atom is -0.494 e. The Morgan fingerprint density at radius 1 is 1.41 bits per heavy atom. The van der Waals surface area contributed by atoms with Crippen LogP contribution < -0.4 is 4.74 Å². The Bertz CT molecular complexity index is 567. The third-order valence-electron chi connectivity index (χ3n) is 2.71. The van der Waals surface area contributed by atoms with Gasteiger partial charge in [0.1, 0.15) is 11.3 Å². The molecule has 90 valence electrons. The van der Waals surface area contributed by atoms with E-state index >= 15 is 0 Å². The molecule has 0 saturated carbocycles. The van der Waals surface area contributed by atoms with Crippen molar-refractivity contribution < 1.29 is 9.84 Å². The number of ether oxygens (including phenoxy) is 1. The molecule has 0 radical (unpaired) electrons. The number of pyridine rings is 1. The molecule has 1 unspecified atom stereocenters. The number of aromatic nitrogens is 1. The van der Waals surface area contributed by atoms with Crippen molar-refractivity contribution in [2.24, 2.45) is 0 Å². The van der Waals surface area contributed by atoms with Crippen LogP contribution >= 0.6 is 11.6 Å². The number of aliphatic hydroxyl groups is 1. The minimum atomic E-state index is -0.592. The fourth-order valence-corrected chi connectivity index (χ4v) is 2.28. The highest BCUT2D eigenvalue weighted by molar-refractivity contribution is 6.35. The molecule has 2 aromatic rings. The third kappa shape index (κ3) is 2.08. The van der Waals surface area contributed by atoms with Gasteiger partial charge in [-0.1, -0.05) is 17.7 Å². The molecule has 0 aliphatic carbocycles. The van der Waals surface area contributed by atoms with Crippen molar-refractivity contribution in [2.45, 2.75) is 20.0 Å². The summed E-state index contributed by atoms with van der Waals surface area (Å²) >= 11 is 6.23. The number of methoxy groups -OCH3 is 1. The summed E-state index contributed by atoms with van der Waals surface area (Å²) in [7, 11) is 1.59. The zero-order chi connectivity index (χ0) is 12.6. The molecule has 17 heavy (non-hydrogen) atoms. The van der Waals surface area contributed by atoms with Gasteiger partial charge in [0.15, 0.2) is 0 Å². The highest BCUT2D eigenvalue weighted by atomic mass is 35.5. The molecule has 0 bridgehead atoms. The lowest BCUT2D eigenvalue weighted by Gasteiger charge is -2.13. The number of rotatable bonds is 2. The fraction of sp³-hybridized carbons (Fsp3) is 0.308. The van der Waals surface area contributed by atoms with Gasteiger partial charge in [0.25, 0.3) is 0 Å². The third-order valence-corrected chi connectivity index (χ3v) is 3.00. The maximum atomic E-state index is 9.75. The monoisotopic (exact) mass is 251 g/mol. The van der Waals surface area contributed by atoms with E-state index in [2.05, 4.69) is 4.98 Å². The molecule has 1 N–H and O–H groups in total. The molecule has 0 aliphatic rings. The van der Waals surface area contributed by atoms with E-state index < -0.39 is 6.10 Å². The Kier molecular flexibility index (Phi) is 3.22. The fourth-order valence-electron chi connectivity index (χ4n) is 1.93. The number of fused-ring (bicyclic) bond motifs is 1. The van der Waals surface area contributed by atoms with Crippen molar-refractivity contribution in [3.8, 4) is 5.75 Å². The lowest BCUT2D eigenvalue weighted by molar-refractivity contribution is 0.201. The summed E-state index contributed by atoms with van der Waals surface area (Å²) in [6.07, 6.45) is -0.592. The molecule has 1 heterocycles. The first kappa shape index (κ1) is 12.1. The van der Waals surface area contributed by atoms with E-state index in [1.165, 1.54) is 0 Å². The van der Waals surface area contributed by atoms with Gasteiger partial charge in [0, 0.05) is 11.1 Å². The molecular formula is C13H14ClNO2. The van der Waals surface area contributed by atoms with Crippen molar-refractivity contribution in [2.75, 3.05) is 7.11 Å². The molecule has 1 aromatic carbocycles. The van der Waals surface area contributed by atoms with Gasteiger partial charge in [-0.2, -0.15) is 0 Å². The molecule has 0 spiro atoms. The Labute approximate surface area is 105 Å². The molecule has 0 amide bonds. The SMILES string of the molecule is COc1ccc(C(C)O)c2c(Cl)cc(C)nc12. The minimum absolute atomic E-state index is 0.585. The maximum Gasteiger partial charge on any atom is 0.145 e. The van der Waals surface area contributed by atoms with Gasteiger partial charge in [-0.3, -0.25) is 0 Å². The van der Waals surface area contributed by atoms with Gasteiger partial charge in [0.2, 0.25) is 0 Å². The van der Waals surface area contributed by atoms with E-state index in [0.29, 0.717) is 16.3 Å². The molecule has 0 fully saturated rings. The number of hydrogen-bond donors (Lipinski definition) is 1. The molecular weight excluding hydrogens is 238 g/mol. The summed E-state index contributed by atoms with van der Waals surface area (Å²) in [5.74, 6) is 0.662. The molecule has 2 rings (SSSR count). The van der Waals surface area contributed by atoms with E-state index in [1.54, 1.807) is 26.2 Å². The van der Waals surface area contributed by atoms with E-state index in [-0.39, 0.29) is 0 Å². The van der Waals surface area contributed by atoms with Crippen molar-refractivity contribution in [1.29, 1.82) is 0 Å². The first-order valence-corrected chi connectivity index (χ1v) is 5.74. The van der Waals surface area contributed by atoms with Crippen molar-refractivity contribution in [3.63, 3.8) is 0 Å². The normalized spacial score (nSPS) is 12.8. The topological polar surface area (TPSA) is 42.4 Å². The number of halogens is 1. The molecule has 3 nitrogen and oxygen atoms in total. The van der Waals surface area contributed by atoms with Gasteiger partial charge in [0.05, 0.1) is 18.2 Å². The number of benzene rings is 1. The Hall–Kier alpha value is -1.32. The summed E-state index contributed by atoms with van der Waals surface area (Å²) in [5, 5.41) is 11.1. The summed E-state index contributed by atoms with van der Waals surface area (Å²) < 4.78 is 5.27. The number of aryl methyl sites for hydroxylation is 1. The molecule has 0 aliphatic heterocycles. The standard InChI is InChI=1S/C13H14ClNO2/c1-7-6-10(14)12-9(8(2)16)4-5-11(17-3)13(12)15-7/h4-6,8,16H,1-3H3. The van der Waals surface area contributed by atoms with Crippen LogP contribution in [-0.2, 0) is 0 Å². The van der Waals surface area contributed by atoms with Crippen LogP contribution in [0.2, 0.25) is 5.02 Å². The molecule has 4 heteroatoms. The van der Waals surface area contributed by atoms with E-state index in [9.17, 15) is 5.11 Å². The van der Waals surface area contributed by atoms with Crippen LogP contribution in [0.3, 0.4) is 0 Å². The summed E-state index contributed by atoms with van der Waals surface area (Å²) in [4.78, 5) is 4.43. The first-order valence-electron chi connectivity index (χ1n) is 5.36. The maximum absolute atomic E-state index is 9.75. The summed E-state index contributed by atoms with van der Waals surface area (Å²) in [6, 6.07) is 5.40. The second kappa shape index (κ2) is 4.51. The largest absolute Gasteiger partial charge is 0.494 e. The molecule has 1 aromatic heterocycles. The van der Waals surface area contributed by atoms with Crippen LogP contribution in [-0.4, -0.2) is 17.2 Å².